The number of halogens is 2. The van der Waals surface area contributed by atoms with Gasteiger partial charge in [0.25, 0.3) is 0 Å². The van der Waals surface area contributed by atoms with Crippen LogP contribution in [-0.4, -0.2) is 11.7 Å². The average molecular weight is 325 g/mol. The Hall–Kier alpha value is -1.85. The minimum Gasteiger partial charge on any atom is -0.492 e. The van der Waals surface area contributed by atoms with E-state index in [2.05, 4.69) is 10.6 Å². The van der Waals surface area contributed by atoms with Crippen molar-refractivity contribution in [2.45, 2.75) is 6.92 Å². The molecule has 0 aliphatic heterocycles. The SMILES string of the molecule is CCOc1ccccc1NC(=S)Nc1ccc(Cl)c(F)c1. The first kappa shape index (κ1) is 15.5. The van der Waals surface area contributed by atoms with Crippen molar-refractivity contribution in [2.24, 2.45) is 0 Å². The molecule has 0 saturated carbocycles. The van der Waals surface area contributed by atoms with Crippen LogP contribution in [0, 0.1) is 5.82 Å². The first-order valence-electron chi connectivity index (χ1n) is 6.35. The molecule has 0 aromatic heterocycles. The Kier molecular flexibility index (Phi) is 5.36. The van der Waals surface area contributed by atoms with Crippen LogP contribution < -0.4 is 15.4 Å². The first-order valence-corrected chi connectivity index (χ1v) is 7.13. The Morgan fingerprint density at radius 3 is 2.71 bits per heavy atom. The third-order valence-electron chi connectivity index (χ3n) is 2.61. The maximum atomic E-state index is 13.4. The highest BCUT2D eigenvalue weighted by atomic mass is 35.5. The summed E-state index contributed by atoms with van der Waals surface area (Å²) in [5.41, 5.74) is 1.26. The van der Waals surface area contributed by atoms with Crippen molar-refractivity contribution >= 4 is 40.3 Å². The third kappa shape index (κ3) is 4.31. The predicted octanol–water partition coefficient (Wildman–Crippen LogP) is 4.69. The summed E-state index contributed by atoms with van der Waals surface area (Å²) in [6.07, 6.45) is 0. The van der Waals surface area contributed by atoms with Gasteiger partial charge in [-0.05, 0) is 49.5 Å². The van der Waals surface area contributed by atoms with Crippen LogP contribution >= 0.6 is 23.8 Å². The number of benzene rings is 2. The van der Waals surface area contributed by atoms with Gasteiger partial charge in [-0.2, -0.15) is 0 Å². The molecule has 2 aromatic rings. The summed E-state index contributed by atoms with van der Waals surface area (Å²) in [4.78, 5) is 0. The molecule has 0 heterocycles. The number of anilines is 2. The molecule has 21 heavy (non-hydrogen) atoms. The van der Waals surface area contributed by atoms with E-state index < -0.39 is 5.82 Å². The van der Waals surface area contributed by atoms with E-state index in [1.165, 1.54) is 12.1 Å². The fourth-order valence-electron chi connectivity index (χ4n) is 1.71. The molecule has 0 atom stereocenters. The number of nitrogens with one attached hydrogen (secondary N) is 2. The van der Waals surface area contributed by atoms with Crippen molar-refractivity contribution in [3.63, 3.8) is 0 Å². The van der Waals surface area contributed by atoms with Crippen molar-refractivity contribution in [3.05, 3.63) is 53.3 Å². The second-order valence-electron chi connectivity index (χ2n) is 4.14. The van der Waals surface area contributed by atoms with Crippen LogP contribution in [0.15, 0.2) is 42.5 Å². The second-order valence-corrected chi connectivity index (χ2v) is 4.95. The molecule has 110 valence electrons. The Bertz CT molecular complexity index is 651. The summed E-state index contributed by atoms with van der Waals surface area (Å²) in [5.74, 6) is 0.200. The number of thiocarbonyl (C=S) groups is 1. The van der Waals surface area contributed by atoms with E-state index in [4.69, 9.17) is 28.6 Å². The van der Waals surface area contributed by atoms with Gasteiger partial charge in [0.15, 0.2) is 5.11 Å². The number of rotatable bonds is 4. The number of para-hydroxylation sites is 2. The molecule has 0 radical (unpaired) electrons. The van der Waals surface area contributed by atoms with E-state index in [9.17, 15) is 4.39 Å². The van der Waals surface area contributed by atoms with E-state index in [-0.39, 0.29) is 5.02 Å². The lowest BCUT2D eigenvalue weighted by atomic mass is 10.3. The van der Waals surface area contributed by atoms with E-state index in [1.807, 2.05) is 31.2 Å². The number of hydrogen-bond acceptors (Lipinski definition) is 2. The largest absolute Gasteiger partial charge is 0.492 e. The van der Waals surface area contributed by atoms with Gasteiger partial charge in [-0.3, -0.25) is 0 Å². The molecule has 2 N–H and O–H groups in total. The van der Waals surface area contributed by atoms with Gasteiger partial charge in [-0.1, -0.05) is 23.7 Å². The Morgan fingerprint density at radius 2 is 2.00 bits per heavy atom. The van der Waals surface area contributed by atoms with Gasteiger partial charge in [0, 0.05) is 5.69 Å². The van der Waals surface area contributed by atoms with Crippen molar-refractivity contribution in [3.8, 4) is 5.75 Å². The van der Waals surface area contributed by atoms with E-state index in [0.717, 1.165) is 5.69 Å². The van der Waals surface area contributed by atoms with Crippen molar-refractivity contribution < 1.29 is 9.13 Å². The fraction of sp³-hybridized carbons (Fsp3) is 0.133. The van der Waals surface area contributed by atoms with Crippen molar-refractivity contribution in [1.29, 1.82) is 0 Å². The van der Waals surface area contributed by atoms with Gasteiger partial charge >= 0.3 is 0 Å². The Balaban J connectivity index is 2.06. The quantitative estimate of drug-likeness (QED) is 0.800. The molecule has 0 unspecified atom stereocenters. The topological polar surface area (TPSA) is 33.3 Å². The van der Waals surface area contributed by atoms with E-state index in [1.54, 1.807) is 6.07 Å². The van der Waals surface area contributed by atoms with Crippen LogP contribution in [0.25, 0.3) is 0 Å². The van der Waals surface area contributed by atoms with Crippen LogP contribution in [0.2, 0.25) is 5.02 Å². The van der Waals surface area contributed by atoms with Gasteiger partial charge in [0.05, 0.1) is 17.3 Å². The zero-order valence-corrected chi connectivity index (χ0v) is 12.9. The summed E-state index contributed by atoms with van der Waals surface area (Å²) in [7, 11) is 0. The van der Waals surface area contributed by atoms with Crippen LogP contribution in [0.3, 0.4) is 0 Å². The zero-order valence-electron chi connectivity index (χ0n) is 11.3. The molecule has 0 fully saturated rings. The molecular weight excluding hydrogens is 311 g/mol. The van der Waals surface area contributed by atoms with E-state index in [0.29, 0.717) is 23.2 Å². The summed E-state index contributed by atoms with van der Waals surface area (Å²) in [5, 5.41) is 6.32. The van der Waals surface area contributed by atoms with Gasteiger partial charge in [-0.15, -0.1) is 0 Å². The molecule has 0 aliphatic carbocycles. The van der Waals surface area contributed by atoms with Gasteiger partial charge in [-0.25, -0.2) is 4.39 Å². The van der Waals surface area contributed by atoms with Gasteiger partial charge in [0.2, 0.25) is 0 Å². The van der Waals surface area contributed by atoms with Crippen molar-refractivity contribution in [1.82, 2.24) is 0 Å². The van der Waals surface area contributed by atoms with Crippen LogP contribution in [0.1, 0.15) is 6.92 Å². The fourth-order valence-corrected chi connectivity index (χ4v) is 2.06. The Labute approximate surface area is 133 Å². The standard InChI is InChI=1S/C15H14ClFN2OS/c1-2-20-14-6-4-3-5-13(14)19-15(21)18-10-7-8-11(16)12(17)9-10/h3-9H,2H2,1H3,(H2,18,19,21). The first-order chi connectivity index (χ1) is 10.1. The molecule has 0 aliphatic rings. The zero-order chi connectivity index (χ0) is 15.2. The summed E-state index contributed by atoms with van der Waals surface area (Å²) < 4.78 is 18.9. The highest BCUT2D eigenvalue weighted by Crippen LogP contribution is 2.24. The molecule has 0 saturated heterocycles. The molecule has 2 aromatic carbocycles. The average Bonchev–Trinajstić information content (AvgIpc) is 2.45. The lowest BCUT2D eigenvalue weighted by Crippen LogP contribution is -2.19. The van der Waals surface area contributed by atoms with Crippen LogP contribution in [0.5, 0.6) is 5.75 Å². The highest BCUT2D eigenvalue weighted by molar-refractivity contribution is 7.80. The molecule has 6 heteroatoms. The van der Waals surface area contributed by atoms with Crippen LogP contribution in [-0.2, 0) is 0 Å². The lowest BCUT2D eigenvalue weighted by Gasteiger charge is -2.14. The lowest BCUT2D eigenvalue weighted by molar-refractivity contribution is 0.342. The van der Waals surface area contributed by atoms with Crippen molar-refractivity contribution in [2.75, 3.05) is 17.2 Å². The second kappa shape index (κ2) is 7.24. The van der Waals surface area contributed by atoms with Gasteiger partial charge < -0.3 is 15.4 Å². The molecule has 2 rings (SSSR count). The predicted molar refractivity (Wildman–Crippen MR) is 88.9 cm³/mol. The van der Waals surface area contributed by atoms with Crippen LogP contribution in [0.4, 0.5) is 15.8 Å². The molecule has 0 amide bonds. The normalized spacial score (nSPS) is 10.0. The summed E-state index contributed by atoms with van der Waals surface area (Å²) in [6, 6.07) is 11.8. The molecular formula is C15H14ClFN2OS. The molecule has 3 nitrogen and oxygen atoms in total. The summed E-state index contributed by atoms with van der Waals surface area (Å²) in [6.45, 7) is 2.46. The smallest absolute Gasteiger partial charge is 0.175 e. The maximum absolute atomic E-state index is 13.4. The maximum Gasteiger partial charge on any atom is 0.175 e. The van der Waals surface area contributed by atoms with Gasteiger partial charge in [0.1, 0.15) is 11.6 Å². The highest BCUT2D eigenvalue weighted by Gasteiger charge is 2.06. The van der Waals surface area contributed by atoms with E-state index >= 15 is 0 Å². The number of ether oxygens (including phenoxy) is 1. The monoisotopic (exact) mass is 324 g/mol. The minimum absolute atomic E-state index is 0.0705. The molecule has 0 spiro atoms. The third-order valence-corrected chi connectivity index (χ3v) is 3.12. The Morgan fingerprint density at radius 1 is 1.24 bits per heavy atom. The minimum atomic E-state index is -0.501. The summed E-state index contributed by atoms with van der Waals surface area (Å²) >= 11 is 10.8. The number of hydrogen-bond donors (Lipinski definition) is 2. The molecule has 0 bridgehead atoms.